The molecule has 0 unspecified atom stereocenters. The fraction of sp³-hybridized carbons (Fsp3) is 0.708. The van der Waals surface area contributed by atoms with Gasteiger partial charge in [-0.05, 0) is 64.2 Å². The van der Waals surface area contributed by atoms with E-state index in [0.717, 1.165) is 71.4 Å². The molecule has 0 atom stereocenters. The molecule has 2 aliphatic heterocycles. The van der Waals surface area contributed by atoms with Gasteiger partial charge in [-0.15, -0.1) is 0 Å². The van der Waals surface area contributed by atoms with E-state index in [-0.39, 0.29) is 0 Å². The number of aryl methyl sites for hydroxylation is 1. The molecule has 168 valence electrons. The third kappa shape index (κ3) is 8.25. The Morgan fingerprint density at radius 3 is 2.47 bits per heavy atom. The highest BCUT2D eigenvalue weighted by Gasteiger charge is 2.19. The Kier molecular flexibility index (Phi) is 9.93. The van der Waals surface area contributed by atoms with E-state index in [9.17, 15) is 0 Å². The lowest BCUT2D eigenvalue weighted by molar-refractivity contribution is 0.0376. The largest absolute Gasteiger partial charge is 0.379 e. The van der Waals surface area contributed by atoms with Gasteiger partial charge in [0.05, 0.1) is 13.2 Å². The van der Waals surface area contributed by atoms with Crippen molar-refractivity contribution in [3.05, 3.63) is 35.4 Å². The zero-order valence-electron chi connectivity index (χ0n) is 19.0. The van der Waals surface area contributed by atoms with Crippen LogP contribution < -0.4 is 10.6 Å². The molecule has 0 bridgehead atoms. The number of hydrogen-bond acceptors (Lipinski definition) is 4. The van der Waals surface area contributed by atoms with Gasteiger partial charge < -0.3 is 15.4 Å². The zero-order valence-corrected chi connectivity index (χ0v) is 19.0. The molecule has 2 heterocycles. The molecular weight excluding hydrogens is 374 g/mol. The van der Waals surface area contributed by atoms with Crippen molar-refractivity contribution >= 4 is 5.96 Å². The van der Waals surface area contributed by atoms with E-state index in [1.54, 1.807) is 0 Å². The molecular formula is C24H41N5O. The Bertz CT molecular complexity index is 619. The van der Waals surface area contributed by atoms with E-state index in [1.165, 1.54) is 37.1 Å². The summed E-state index contributed by atoms with van der Waals surface area (Å²) in [6, 6.07) is 8.96. The predicted octanol–water partition coefficient (Wildman–Crippen LogP) is 2.48. The van der Waals surface area contributed by atoms with Crippen molar-refractivity contribution in [3.8, 4) is 0 Å². The first kappa shape index (κ1) is 23.0. The number of rotatable bonds is 9. The highest BCUT2D eigenvalue weighted by molar-refractivity contribution is 5.79. The van der Waals surface area contributed by atoms with Gasteiger partial charge in [-0.3, -0.25) is 14.8 Å². The minimum Gasteiger partial charge on any atom is -0.379 e. The van der Waals surface area contributed by atoms with E-state index in [1.807, 2.05) is 0 Å². The number of guanidine groups is 1. The Hall–Kier alpha value is -1.63. The first-order valence-electron chi connectivity index (χ1n) is 11.8. The molecule has 6 heteroatoms. The number of nitrogens with zero attached hydrogens (tertiary/aromatic N) is 3. The van der Waals surface area contributed by atoms with E-state index in [2.05, 4.69) is 58.5 Å². The van der Waals surface area contributed by atoms with Crippen molar-refractivity contribution < 1.29 is 4.74 Å². The van der Waals surface area contributed by atoms with Crippen molar-refractivity contribution in [1.29, 1.82) is 0 Å². The lowest BCUT2D eigenvalue weighted by Gasteiger charge is -2.31. The number of morpholine rings is 1. The summed E-state index contributed by atoms with van der Waals surface area (Å²) in [5.41, 5.74) is 2.76. The van der Waals surface area contributed by atoms with Gasteiger partial charge in [0.15, 0.2) is 5.96 Å². The lowest BCUT2D eigenvalue weighted by Crippen LogP contribution is -2.41. The van der Waals surface area contributed by atoms with Gasteiger partial charge in [0.25, 0.3) is 0 Å². The number of ether oxygens (including phenoxy) is 1. The summed E-state index contributed by atoms with van der Waals surface area (Å²) in [5.74, 6) is 1.67. The van der Waals surface area contributed by atoms with Crippen molar-refractivity contribution in [3.63, 3.8) is 0 Å². The molecule has 2 aliphatic rings. The van der Waals surface area contributed by atoms with Gasteiger partial charge in [0.1, 0.15) is 0 Å². The van der Waals surface area contributed by atoms with Crippen LogP contribution in [0.1, 0.15) is 37.3 Å². The van der Waals surface area contributed by atoms with Crippen molar-refractivity contribution in [2.45, 2.75) is 39.7 Å². The van der Waals surface area contributed by atoms with Crippen LogP contribution in [0.15, 0.2) is 29.3 Å². The second-order valence-electron chi connectivity index (χ2n) is 8.66. The molecule has 0 aliphatic carbocycles. The van der Waals surface area contributed by atoms with Gasteiger partial charge in [0.2, 0.25) is 0 Å². The predicted molar refractivity (Wildman–Crippen MR) is 125 cm³/mol. The van der Waals surface area contributed by atoms with Crippen LogP contribution in [0.25, 0.3) is 0 Å². The van der Waals surface area contributed by atoms with Crippen LogP contribution in [-0.4, -0.2) is 81.3 Å². The summed E-state index contributed by atoms with van der Waals surface area (Å²) < 4.78 is 5.42. The molecule has 6 nitrogen and oxygen atoms in total. The first-order valence-corrected chi connectivity index (χ1v) is 11.8. The molecule has 0 spiro atoms. The fourth-order valence-electron chi connectivity index (χ4n) is 4.18. The van der Waals surface area contributed by atoms with Crippen LogP contribution in [0.3, 0.4) is 0 Å². The topological polar surface area (TPSA) is 52.1 Å². The minimum atomic E-state index is 0.697. The Balaban J connectivity index is 1.33. The molecule has 1 aromatic carbocycles. The summed E-state index contributed by atoms with van der Waals surface area (Å²) in [6.45, 7) is 15.5. The van der Waals surface area contributed by atoms with Crippen molar-refractivity contribution in [1.82, 2.24) is 20.4 Å². The van der Waals surface area contributed by atoms with E-state index < -0.39 is 0 Å². The fourth-order valence-corrected chi connectivity index (χ4v) is 4.18. The maximum Gasteiger partial charge on any atom is 0.191 e. The number of likely N-dealkylation sites (tertiary alicyclic amines) is 1. The zero-order chi connectivity index (χ0) is 21.0. The van der Waals surface area contributed by atoms with E-state index >= 15 is 0 Å². The molecule has 0 saturated carbocycles. The molecule has 0 radical (unpaired) electrons. The average molecular weight is 416 g/mol. The highest BCUT2D eigenvalue weighted by Crippen LogP contribution is 2.19. The van der Waals surface area contributed by atoms with Crippen LogP contribution in [0.2, 0.25) is 0 Å². The summed E-state index contributed by atoms with van der Waals surface area (Å²) in [5, 5.41) is 6.92. The standard InChI is InChI=1S/C24H41N5O/c1-3-25-24(26-11-4-12-28-15-17-30-18-16-28)27-19-22-9-13-29(14-10-22)20-23-7-5-21(2)6-8-23/h5-8,22H,3-4,9-20H2,1-2H3,(H2,25,26,27). The molecule has 30 heavy (non-hydrogen) atoms. The Labute approximate surface area is 183 Å². The van der Waals surface area contributed by atoms with Crippen LogP contribution in [0.5, 0.6) is 0 Å². The lowest BCUT2D eigenvalue weighted by atomic mass is 9.96. The monoisotopic (exact) mass is 415 g/mol. The van der Waals surface area contributed by atoms with Crippen molar-refractivity contribution in [2.24, 2.45) is 10.9 Å². The van der Waals surface area contributed by atoms with Gasteiger partial charge in [-0.2, -0.15) is 0 Å². The van der Waals surface area contributed by atoms with Crippen LogP contribution >= 0.6 is 0 Å². The molecule has 3 rings (SSSR count). The van der Waals surface area contributed by atoms with Gasteiger partial charge in [-0.25, -0.2) is 0 Å². The van der Waals surface area contributed by atoms with E-state index in [0.29, 0.717) is 5.92 Å². The summed E-state index contributed by atoms with van der Waals surface area (Å²) in [4.78, 5) is 9.95. The number of aliphatic imine (C=N–C) groups is 1. The second kappa shape index (κ2) is 12.9. The van der Waals surface area contributed by atoms with Crippen LogP contribution in [0.4, 0.5) is 0 Å². The third-order valence-corrected chi connectivity index (χ3v) is 6.13. The molecule has 0 amide bonds. The molecule has 2 N–H and O–H groups in total. The maximum absolute atomic E-state index is 5.42. The van der Waals surface area contributed by atoms with Gasteiger partial charge >= 0.3 is 0 Å². The normalized spacial score (nSPS) is 19.7. The second-order valence-corrected chi connectivity index (χ2v) is 8.66. The number of benzene rings is 1. The van der Waals surface area contributed by atoms with Crippen LogP contribution in [0, 0.1) is 12.8 Å². The number of nitrogens with one attached hydrogen (secondary N) is 2. The van der Waals surface area contributed by atoms with E-state index in [4.69, 9.17) is 9.73 Å². The highest BCUT2D eigenvalue weighted by atomic mass is 16.5. The number of piperidine rings is 1. The average Bonchev–Trinajstić information content (AvgIpc) is 2.78. The summed E-state index contributed by atoms with van der Waals surface area (Å²) >= 11 is 0. The molecule has 1 aromatic rings. The van der Waals surface area contributed by atoms with Crippen molar-refractivity contribution in [2.75, 3.05) is 65.6 Å². The quantitative estimate of drug-likeness (QED) is 0.369. The van der Waals surface area contributed by atoms with Crippen LogP contribution in [-0.2, 0) is 11.3 Å². The van der Waals surface area contributed by atoms with Gasteiger partial charge in [0, 0.05) is 39.3 Å². The summed E-state index contributed by atoms with van der Waals surface area (Å²) in [6.07, 6.45) is 3.62. The van der Waals surface area contributed by atoms with Gasteiger partial charge in [-0.1, -0.05) is 29.8 Å². The maximum atomic E-state index is 5.42. The molecule has 2 fully saturated rings. The summed E-state index contributed by atoms with van der Waals surface area (Å²) in [7, 11) is 0. The molecule has 2 saturated heterocycles. The third-order valence-electron chi connectivity index (χ3n) is 6.13. The SMILES string of the molecule is CCNC(=NCC1CCN(Cc2ccc(C)cc2)CC1)NCCCN1CCOCC1. The Morgan fingerprint density at radius 2 is 1.77 bits per heavy atom. The first-order chi connectivity index (χ1) is 14.7. The molecule has 0 aromatic heterocycles. The number of hydrogen-bond donors (Lipinski definition) is 2. The smallest absolute Gasteiger partial charge is 0.191 e. The minimum absolute atomic E-state index is 0.697. The Morgan fingerprint density at radius 1 is 1.03 bits per heavy atom.